The number of aromatic amines is 3. The van der Waals surface area contributed by atoms with Crippen molar-refractivity contribution in [2.24, 2.45) is 0 Å². The Labute approximate surface area is 251 Å². The van der Waals surface area contributed by atoms with E-state index in [1.807, 2.05) is 42.7 Å². The van der Waals surface area contributed by atoms with E-state index in [0.29, 0.717) is 28.1 Å². The largest absolute Gasteiger partial charge is 0.347 e. The highest BCUT2D eigenvalue weighted by Gasteiger charge is 2.16. The van der Waals surface area contributed by atoms with E-state index in [1.54, 1.807) is 4.52 Å². The van der Waals surface area contributed by atoms with Crippen LogP contribution in [-0.2, 0) is 10.8 Å². The maximum atomic E-state index is 11.9. The second kappa shape index (κ2) is 11.2. The molecule has 0 atom stereocenters. The third-order valence-electron chi connectivity index (χ3n) is 6.91. The molecular weight excluding hydrogens is 564 g/mol. The molecule has 0 fully saturated rings. The van der Waals surface area contributed by atoms with Crippen LogP contribution in [0.5, 0.6) is 0 Å². The third kappa shape index (κ3) is 6.38. The summed E-state index contributed by atoms with van der Waals surface area (Å²) in [7, 11) is 0. The van der Waals surface area contributed by atoms with Gasteiger partial charge in [0.1, 0.15) is 5.82 Å². The first-order chi connectivity index (χ1) is 20.2. The van der Waals surface area contributed by atoms with E-state index in [4.69, 9.17) is 0 Å². The summed E-state index contributed by atoms with van der Waals surface area (Å²) in [5, 5.41) is 5.80. The second-order valence-electron chi connectivity index (χ2n) is 12.2. The molecule has 4 heterocycles. The average Bonchev–Trinajstić information content (AvgIpc) is 3.53. The molecule has 3 N–H and O–H groups in total. The Morgan fingerprint density at radius 3 is 1.65 bits per heavy atom. The summed E-state index contributed by atoms with van der Waals surface area (Å²) in [4.78, 5) is 50.7. The van der Waals surface area contributed by atoms with Crippen LogP contribution in [-0.4, -0.2) is 45.4 Å². The van der Waals surface area contributed by atoms with Crippen LogP contribution in [0.25, 0.3) is 34.1 Å². The van der Waals surface area contributed by atoms with Gasteiger partial charge in [0.25, 0.3) is 11.1 Å². The fourth-order valence-electron chi connectivity index (χ4n) is 4.45. The van der Waals surface area contributed by atoms with Gasteiger partial charge in [-0.15, -0.1) is 0 Å². The average molecular weight is 599 g/mol. The molecule has 0 radical (unpaired) electrons. The van der Waals surface area contributed by atoms with E-state index in [1.165, 1.54) is 35.0 Å². The van der Waals surface area contributed by atoms with Crippen LogP contribution in [0.1, 0.15) is 52.7 Å². The summed E-state index contributed by atoms with van der Waals surface area (Å²) in [5.41, 5.74) is 4.33. The molecule has 0 unspecified atom stereocenters. The lowest BCUT2D eigenvalue weighted by Gasteiger charge is -2.19. The van der Waals surface area contributed by atoms with Crippen molar-refractivity contribution in [3.05, 3.63) is 103 Å². The Morgan fingerprint density at radius 2 is 1.14 bits per heavy atom. The molecule has 0 aliphatic carbocycles. The number of rotatable bonds is 3. The van der Waals surface area contributed by atoms with Crippen molar-refractivity contribution < 1.29 is 0 Å². The molecule has 0 aliphatic rings. The van der Waals surface area contributed by atoms with Gasteiger partial charge in [0.05, 0.1) is 0 Å². The summed E-state index contributed by atoms with van der Waals surface area (Å²) < 4.78 is 2.70. The zero-order valence-electron chi connectivity index (χ0n) is 25.1. The van der Waals surface area contributed by atoms with Crippen molar-refractivity contribution >= 4 is 23.1 Å². The Balaban J connectivity index is 0.000000171. The van der Waals surface area contributed by atoms with Crippen LogP contribution in [0.15, 0.2) is 80.2 Å². The van der Waals surface area contributed by atoms with Gasteiger partial charge in [-0.05, 0) is 28.2 Å². The van der Waals surface area contributed by atoms with Gasteiger partial charge in [-0.3, -0.25) is 24.8 Å². The van der Waals surface area contributed by atoms with E-state index in [-0.39, 0.29) is 21.9 Å². The molecular formula is C31H34N8O3S. The highest BCUT2D eigenvalue weighted by Crippen LogP contribution is 2.26. The first kappa shape index (κ1) is 29.8. The van der Waals surface area contributed by atoms with Gasteiger partial charge in [0, 0.05) is 23.3 Å². The second-order valence-corrected chi connectivity index (χ2v) is 13.0. The number of nitrogens with one attached hydrogen (secondary N) is 3. The molecule has 0 amide bonds. The van der Waals surface area contributed by atoms with E-state index in [2.05, 4.69) is 83.8 Å². The minimum absolute atomic E-state index is 0.0667. The van der Waals surface area contributed by atoms with Crippen molar-refractivity contribution in [2.75, 3.05) is 6.26 Å². The molecule has 6 rings (SSSR count). The first-order valence-electron chi connectivity index (χ1n) is 13.7. The first-order valence-corrected chi connectivity index (χ1v) is 14.9. The molecule has 43 heavy (non-hydrogen) atoms. The van der Waals surface area contributed by atoms with Crippen molar-refractivity contribution in [3.8, 4) is 22.8 Å². The molecule has 222 valence electrons. The molecule has 2 aromatic carbocycles. The minimum Gasteiger partial charge on any atom is -0.290 e. The SMILES string of the molecule is CC(C)(C)c1ccc(-c2nc3cc(=O)[nH]n3c(=O)[nH]2)cc1.CSc1nc(-c2ccc(C(C)(C)C)cc2)nc2cc(=O)[nH]n12. The maximum Gasteiger partial charge on any atom is 0.347 e. The summed E-state index contributed by atoms with van der Waals surface area (Å²) in [6.45, 7) is 13.0. The Morgan fingerprint density at radius 1 is 0.651 bits per heavy atom. The van der Waals surface area contributed by atoms with Gasteiger partial charge in [-0.2, -0.15) is 4.52 Å². The van der Waals surface area contributed by atoms with Gasteiger partial charge in [0.2, 0.25) is 0 Å². The van der Waals surface area contributed by atoms with Crippen LogP contribution >= 0.6 is 11.8 Å². The topological polar surface area (TPSA) is 146 Å². The van der Waals surface area contributed by atoms with E-state index in [0.717, 1.165) is 15.6 Å². The highest BCUT2D eigenvalue weighted by atomic mass is 32.2. The van der Waals surface area contributed by atoms with E-state index in [9.17, 15) is 14.4 Å². The maximum absolute atomic E-state index is 11.9. The van der Waals surface area contributed by atoms with Crippen LogP contribution < -0.4 is 16.8 Å². The number of hydrogen-bond donors (Lipinski definition) is 3. The predicted octanol–water partition coefficient (Wildman–Crippen LogP) is 4.78. The number of benzene rings is 2. The number of hydrogen-bond acceptors (Lipinski definition) is 7. The van der Waals surface area contributed by atoms with Crippen molar-refractivity contribution in [1.82, 2.24) is 39.2 Å². The lowest BCUT2D eigenvalue weighted by molar-refractivity contribution is 0.590. The number of thioether (sulfide) groups is 1. The Hall–Kier alpha value is -4.71. The fraction of sp³-hybridized carbons (Fsp3) is 0.290. The summed E-state index contributed by atoms with van der Waals surface area (Å²) in [6.07, 6.45) is 1.92. The zero-order valence-corrected chi connectivity index (χ0v) is 26.0. The smallest absolute Gasteiger partial charge is 0.290 e. The molecule has 0 bridgehead atoms. The summed E-state index contributed by atoms with van der Waals surface area (Å²) >= 11 is 1.47. The molecule has 6 aromatic rings. The van der Waals surface area contributed by atoms with Crippen LogP contribution in [0, 0.1) is 0 Å². The highest BCUT2D eigenvalue weighted by molar-refractivity contribution is 7.98. The monoisotopic (exact) mass is 598 g/mol. The molecule has 12 heteroatoms. The number of nitrogens with zero attached hydrogens (tertiary/aromatic N) is 5. The van der Waals surface area contributed by atoms with Crippen LogP contribution in [0.2, 0.25) is 0 Å². The Bertz CT molecular complexity index is 2090. The van der Waals surface area contributed by atoms with Gasteiger partial charge in [-0.25, -0.2) is 24.3 Å². The molecule has 0 aliphatic heterocycles. The minimum atomic E-state index is -0.419. The molecule has 4 aromatic heterocycles. The zero-order chi connectivity index (χ0) is 31.1. The van der Waals surface area contributed by atoms with E-state index >= 15 is 0 Å². The molecule has 0 saturated heterocycles. The standard InChI is InChI=1S/C16H18N4OS.C15H16N4O2/c1-16(2,3)11-7-5-10(6-8-11)14-17-12-9-13(21)19-20(12)15(18-14)22-4;1-15(2,3)10-6-4-9(5-7-10)13-16-11-8-12(20)18-19(11)14(21)17-13/h5-9H,1-4H3,(H,19,21);4-8H,1-3H3,(H,18,20)(H,16,17,21). The van der Waals surface area contributed by atoms with Crippen molar-refractivity contribution in [2.45, 2.75) is 57.5 Å². The number of H-pyrrole nitrogens is 3. The van der Waals surface area contributed by atoms with Gasteiger partial charge in [-0.1, -0.05) is 102 Å². The number of fused-ring (bicyclic) bond motifs is 2. The summed E-state index contributed by atoms with van der Waals surface area (Å²) in [5.74, 6) is 1.07. The lowest BCUT2D eigenvalue weighted by Crippen LogP contribution is -2.20. The van der Waals surface area contributed by atoms with Crippen molar-refractivity contribution in [1.29, 1.82) is 0 Å². The van der Waals surface area contributed by atoms with Crippen LogP contribution in [0.4, 0.5) is 0 Å². The molecule has 0 saturated carbocycles. The third-order valence-corrected chi connectivity index (χ3v) is 7.55. The van der Waals surface area contributed by atoms with Gasteiger partial charge >= 0.3 is 5.69 Å². The Kier molecular flexibility index (Phi) is 7.74. The lowest BCUT2D eigenvalue weighted by atomic mass is 9.86. The summed E-state index contributed by atoms with van der Waals surface area (Å²) in [6, 6.07) is 18.9. The van der Waals surface area contributed by atoms with Gasteiger partial charge < -0.3 is 0 Å². The molecule has 11 nitrogen and oxygen atoms in total. The predicted molar refractivity (Wildman–Crippen MR) is 170 cm³/mol. The van der Waals surface area contributed by atoms with Gasteiger partial charge in [0.15, 0.2) is 22.3 Å². The fourth-order valence-corrected chi connectivity index (χ4v) is 4.95. The van der Waals surface area contributed by atoms with E-state index < -0.39 is 5.69 Å². The number of aromatic nitrogens is 8. The van der Waals surface area contributed by atoms with Crippen molar-refractivity contribution in [3.63, 3.8) is 0 Å². The van der Waals surface area contributed by atoms with Crippen LogP contribution in [0.3, 0.4) is 0 Å². The normalized spacial score (nSPS) is 12.0. The molecule has 0 spiro atoms. The quantitative estimate of drug-likeness (QED) is 0.249.